The van der Waals surface area contributed by atoms with E-state index in [-0.39, 0.29) is 36.3 Å². The van der Waals surface area contributed by atoms with E-state index in [0.29, 0.717) is 0 Å². The van der Waals surface area contributed by atoms with Crippen molar-refractivity contribution in [2.45, 2.75) is 39.3 Å². The van der Waals surface area contributed by atoms with Crippen LogP contribution in [0.15, 0.2) is 28.7 Å². The SMILES string of the molecule is CC(Cc1cccc(Br)c1)NC(=O)C(C)C(C)N.Cl. The summed E-state index contributed by atoms with van der Waals surface area (Å²) in [4.78, 5) is 11.9. The molecule has 0 spiro atoms. The first-order valence-electron chi connectivity index (χ1n) is 6.20. The molecular weight excluding hydrogens is 328 g/mol. The Kier molecular flexibility index (Phi) is 8.30. The summed E-state index contributed by atoms with van der Waals surface area (Å²) in [5, 5.41) is 2.99. The number of carbonyl (C=O) groups is 1. The van der Waals surface area contributed by atoms with Crippen LogP contribution in [0.1, 0.15) is 26.3 Å². The van der Waals surface area contributed by atoms with Gasteiger partial charge in [-0.25, -0.2) is 0 Å². The largest absolute Gasteiger partial charge is 0.353 e. The molecule has 3 atom stereocenters. The van der Waals surface area contributed by atoms with E-state index in [2.05, 4.69) is 33.4 Å². The molecule has 108 valence electrons. The van der Waals surface area contributed by atoms with E-state index in [1.807, 2.05) is 32.9 Å². The molecule has 0 aliphatic carbocycles. The van der Waals surface area contributed by atoms with Gasteiger partial charge in [-0.15, -0.1) is 12.4 Å². The Balaban J connectivity index is 0.00000324. The summed E-state index contributed by atoms with van der Waals surface area (Å²) in [6.07, 6.45) is 0.816. The molecule has 1 aromatic rings. The summed E-state index contributed by atoms with van der Waals surface area (Å²) in [6.45, 7) is 5.71. The van der Waals surface area contributed by atoms with Gasteiger partial charge in [0.15, 0.2) is 0 Å². The fourth-order valence-corrected chi connectivity index (χ4v) is 2.13. The Morgan fingerprint density at radius 3 is 2.53 bits per heavy atom. The lowest BCUT2D eigenvalue weighted by Crippen LogP contribution is -2.43. The molecule has 1 aromatic carbocycles. The Labute approximate surface area is 129 Å². The average Bonchev–Trinajstić information content (AvgIpc) is 2.27. The quantitative estimate of drug-likeness (QED) is 0.859. The maximum absolute atomic E-state index is 11.9. The lowest BCUT2D eigenvalue weighted by Gasteiger charge is -2.19. The van der Waals surface area contributed by atoms with E-state index in [4.69, 9.17) is 5.73 Å². The molecule has 5 heteroatoms. The first-order valence-corrected chi connectivity index (χ1v) is 7.00. The van der Waals surface area contributed by atoms with Crippen LogP contribution < -0.4 is 11.1 Å². The molecular formula is C14H22BrClN2O. The predicted octanol–water partition coefficient (Wildman–Crippen LogP) is 2.90. The molecule has 0 aliphatic rings. The van der Waals surface area contributed by atoms with Crippen LogP contribution in [0.4, 0.5) is 0 Å². The van der Waals surface area contributed by atoms with Crippen LogP contribution in [0.2, 0.25) is 0 Å². The number of hydrogen-bond acceptors (Lipinski definition) is 2. The standard InChI is InChI=1S/C14H21BrN2O.ClH/c1-9(17-14(18)10(2)11(3)16)7-12-5-4-6-13(15)8-12;/h4-6,8-11H,7,16H2,1-3H3,(H,17,18);1H. The second-order valence-corrected chi connectivity index (χ2v) is 5.81. The van der Waals surface area contributed by atoms with Crippen LogP contribution in [-0.2, 0) is 11.2 Å². The zero-order valence-electron chi connectivity index (χ0n) is 11.5. The van der Waals surface area contributed by atoms with Gasteiger partial charge in [-0.1, -0.05) is 35.0 Å². The van der Waals surface area contributed by atoms with Gasteiger partial charge in [0.05, 0.1) is 0 Å². The third-order valence-corrected chi connectivity index (χ3v) is 3.52. The van der Waals surface area contributed by atoms with Crippen molar-refractivity contribution in [2.75, 3.05) is 0 Å². The van der Waals surface area contributed by atoms with Crippen LogP contribution in [-0.4, -0.2) is 18.0 Å². The van der Waals surface area contributed by atoms with Crippen molar-refractivity contribution >= 4 is 34.2 Å². The summed E-state index contributed by atoms with van der Waals surface area (Å²) in [5.74, 6) is -0.137. The second kappa shape index (κ2) is 8.56. The molecule has 0 saturated heterocycles. The minimum Gasteiger partial charge on any atom is -0.353 e. The Hall–Kier alpha value is -0.580. The zero-order chi connectivity index (χ0) is 13.7. The first kappa shape index (κ1) is 18.4. The maximum Gasteiger partial charge on any atom is 0.224 e. The van der Waals surface area contributed by atoms with Crippen molar-refractivity contribution in [2.24, 2.45) is 11.7 Å². The van der Waals surface area contributed by atoms with Gasteiger partial charge >= 0.3 is 0 Å². The Morgan fingerprint density at radius 1 is 1.37 bits per heavy atom. The van der Waals surface area contributed by atoms with Gasteiger partial charge in [-0.2, -0.15) is 0 Å². The number of amides is 1. The van der Waals surface area contributed by atoms with Gasteiger partial charge < -0.3 is 11.1 Å². The minimum absolute atomic E-state index is 0. The van der Waals surface area contributed by atoms with Crippen LogP contribution in [0, 0.1) is 5.92 Å². The molecule has 3 unspecified atom stereocenters. The third kappa shape index (κ3) is 6.41. The monoisotopic (exact) mass is 348 g/mol. The van der Waals surface area contributed by atoms with Crippen LogP contribution >= 0.6 is 28.3 Å². The first-order chi connectivity index (χ1) is 8.40. The number of halogens is 2. The van der Waals surface area contributed by atoms with Gasteiger partial charge in [0, 0.05) is 22.5 Å². The number of nitrogens with one attached hydrogen (secondary N) is 1. The van der Waals surface area contributed by atoms with Crippen molar-refractivity contribution in [3.05, 3.63) is 34.3 Å². The van der Waals surface area contributed by atoms with Gasteiger partial charge in [0.2, 0.25) is 5.91 Å². The smallest absolute Gasteiger partial charge is 0.224 e. The highest BCUT2D eigenvalue weighted by Crippen LogP contribution is 2.13. The number of benzene rings is 1. The maximum atomic E-state index is 11.9. The third-order valence-electron chi connectivity index (χ3n) is 3.02. The van der Waals surface area contributed by atoms with Crippen LogP contribution in [0.3, 0.4) is 0 Å². The van der Waals surface area contributed by atoms with E-state index in [0.717, 1.165) is 10.9 Å². The molecule has 0 heterocycles. The summed E-state index contributed by atoms with van der Waals surface area (Å²) < 4.78 is 1.06. The molecule has 19 heavy (non-hydrogen) atoms. The zero-order valence-corrected chi connectivity index (χ0v) is 13.9. The normalized spacial score (nSPS) is 15.0. The Morgan fingerprint density at radius 2 is 2.00 bits per heavy atom. The molecule has 3 nitrogen and oxygen atoms in total. The van der Waals surface area contributed by atoms with E-state index in [9.17, 15) is 4.79 Å². The number of nitrogens with two attached hydrogens (primary N) is 1. The van der Waals surface area contributed by atoms with Crippen LogP contribution in [0.25, 0.3) is 0 Å². The molecule has 0 saturated carbocycles. The average molecular weight is 350 g/mol. The molecule has 0 radical (unpaired) electrons. The number of carbonyl (C=O) groups excluding carboxylic acids is 1. The van der Waals surface area contributed by atoms with Crippen molar-refractivity contribution < 1.29 is 4.79 Å². The molecule has 3 N–H and O–H groups in total. The van der Waals surface area contributed by atoms with E-state index in [1.165, 1.54) is 5.56 Å². The minimum atomic E-state index is -0.157. The summed E-state index contributed by atoms with van der Waals surface area (Å²) in [6, 6.07) is 8.10. The molecule has 0 aliphatic heterocycles. The molecule has 1 rings (SSSR count). The highest BCUT2D eigenvalue weighted by molar-refractivity contribution is 9.10. The van der Waals surface area contributed by atoms with E-state index >= 15 is 0 Å². The fourth-order valence-electron chi connectivity index (χ4n) is 1.68. The highest BCUT2D eigenvalue weighted by Gasteiger charge is 2.18. The van der Waals surface area contributed by atoms with Gasteiger partial charge in [-0.3, -0.25) is 4.79 Å². The number of rotatable bonds is 5. The van der Waals surface area contributed by atoms with E-state index in [1.54, 1.807) is 0 Å². The number of hydrogen-bond donors (Lipinski definition) is 2. The van der Waals surface area contributed by atoms with Crippen molar-refractivity contribution in [3.8, 4) is 0 Å². The molecule has 1 amide bonds. The lowest BCUT2D eigenvalue weighted by atomic mass is 10.0. The van der Waals surface area contributed by atoms with Crippen LogP contribution in [0.5, 0.6) is 0 Å². The molecule has 0 bridgehead atoms. The summed E-state index contributed by atoms with van der Waals surface area (Å²) in [5.41, 5.74) is 6.92. The van der Waals surface area contributed by atoms with Crippen molar-refractivity contribution in [1.29, 1.82) is 0 Å². The highest BCUT2D eigenvalue weighted by atomic mass is 79.9. The summed E-state index contributed by atoms with van der Waals surface area (Å²) >= 11 is 3.44. The van der Waals surface area contributed by atoms with E-state index < -0.39 is 0 Å². The Bertz CT molecular complexity index is 412. The van der Waals surface area contributed by atoms with Crippen molar-refractivity contribution in [1.82, 2.24) is 5.32 Å². The molecule has 0 aromatic heterocycles. The van der Waals surface area contributed by atoms with Crippen molar-refractivity contribution in [3.63, 3.8) is 0 Å². The summed E-state index contributed by atoms with van der Waals surface area (Å²) in [7, 11) is 0. The van der Waals surface area contributed by atoms with Gasteiger partial charge in [0.1, 0.15) is 0 Å². The topological polar surface area (TPSA) is 55.1 Å². The fraction of sp³-hybridized carbons (Fsp3) is 0.500. The van der Waals surface area contributed by atoms with Gasteiger partial charge in [-0.05, 0) is 38.0 Å². The van der Waals surface area contributed by atoms with Gasteiger partial charge in [0.25, 0.3) is 0 Å². The predicted molar refractivity (Wildman–Crippen MR) is 85.5 cm³/mol. The lowest BCUT2D eigenvalue weighted by molar-refractivity contribution is -0.125. The second-order valence-electron chi connectivity index (χ2n) is 4.89. The molecule has 0 fully saturated rings.